The molecule has 1 N–H and O–H groups in total. The molecule has 1 fully saturated rings. The predicted octanol–water partition coefficient (Wildman–Crippen LogP) is -0.390. The predicted molar refractivity (Wildman–Crippen MR) is 89.4 cm³/mol. The third-order valence-electron chi connectivity index (χ3n) is 3.70. The van der Waals surface area contributed by atoms with Crippen LogP contribution in [0.15, 0.2) is 5.10 Å². The molecule has 0 radical (unpaired) electrons. The summed E-state index contributed by atoms with van der Waals surface area (Å²) in [6.45, 7) is 4.96. The molecule has 0 aromatic rings. The van der Waals surface area contributed by atoms with E-state index in [9.17, 15) is 22.8 Å². The van der Waals surface area contributed by atoms with Crippen molar-refractivity contribution in [2.24, 2.45) is 5.10 Å². The molecule has 1 atom stereocenters. The second-order valence-corrected chi connectivity index (χ2v) is 9.44. The number of carbonyl (C=O) groups excluding carboxylic acids is 3. The van der Waals surface area contributed by atoms with Crippen LogP contribution in [0.2, 0.25) is 0 Å². The number of nitrogens with one attached hydrogen (secondary N) is 1. The van der Waals surface area contributed by atoms with Crippen LogP contribution in [-0.4, -0.2) is 66.6 Å². The number of rotatable bonds is 4. The normalized spacial score (nSPS) is 23.2. The van der Waals surface area contributed by atoms with Gasteiger partial charge in [-0.25, -0.2) is 18.2 Å². The van der Waals surface area contributed by atoms with Gasteiger partial charge in [-0.1, -0.05) is 0 Å². The summed E-state index contributed by atoms with van der Waals surface area (Å²) in [5.41, 5.74) is -0.421. The van der Waals surface area contributed by atoms with E-state index in [4.69, 9.17) is 4.74 Å². The first-order valence-corrected chi connectivity index (χ1v) is 9.87. The average Bonchev–Trinajstić information content (AvgIpc) is 2.83. The van der Waals surface area contributed by atoms with Crippen molar-refractivity contribution in [2.75, 3.05) is 18.1 Å². The van der Waals surface area contributed by atoms with E-state index in [1.54, 1.807) is 20.8 Å². The van der Waals surface area contributed by atoms with Crippen LogP contribution in [0.4, 0.5) is 0 Å². The van der Waals surface area contributed by atoms with Gasteiger partial charge in [0, 0.05) is 18.4 Å². The highest BCUT2D eigenvalue weighted by atomic mass is 32.2. The minimum absolute atomic E-state index is 0.00369. The van der Waals surface area contributed by atoms with Gasteiger partial charge in [-0.15, -0.1) is 0 Å². The highest BCUT2D eigenvalue weighted by molar-refractivity contribution is 7.91. The summed E-state index contributed by atoms with van der Waals surface area (Å²) in [5, 5.41) is 7.74. The second-order valence-electron chi connectivity index (χ2n) is 7.22. The number of esters is 1. The summed E-state index contributed by atoms with van der Waals surface area (Å²) in [4.78, 5) is 35.7. The van der Waals surface area contributed by atoms with E-state index in [0.29, 0.717) is 6.42 Å². The largest absolute Gasteiger partial charge is 0.451 e. The molecular formula is C15H23N3O6S. The first-order chi connectivity index (χ1) is 11.5. The van der Waals surface area contributed by atoms with Crippen LogP contribution in [0, 0.1) is 0 Å². The fraction of sp³-hybridized carbons (Fsp3) is 0.733. The third kappa shape index (κ3) is 5.52. The van der Waals surface area contributed by atoms with Crippen LogP contribution in [0.1, 0.15) is 40.0 Å². The molecule has 2 aliphatic rings. The molecule has 0 aromatic heterocycles. The molecule has 9 nitrogen and oxygen atoms in total. The van der Waals surface area contributed by atoms with Crippen LogP contribution in [0.3, 0.4) is 0 Å². The van der Waals surface area contributed by atoms with E-state index >= 15 is 0 Å². The Hall–Kier alpha value is -1.97. The summed E-state index contributed by atoms with van der Waals surface area (Å²) in [5.74, 6) is -1.68. The number of ether oxygens (including phenoxy) is 1. The van der Waals surface area contributed by atoms with Crippen molar-refractivity contribution < 1.29 is 27.5 Å². The second kappa shape index (κ2) is 7.11. The smallest absolute Gasteiger partial charge is 0.355 e. The lowest BCUT2D eigenvalue weighted by atomic mass is 10.1. The molecule has 0 aromatic carbocycles. The third-order valence-corrected chi connectivity index (χ3v) is 5.45. The molecule has 0 bridgehead atoms. The zero-order valence-corrected chi connectivity index (χ0v) is 15.4. The van der Waals surface area contributed by atoms with Gasteiger partial charge in [0.1, 0.15) is 5.71 Å². The van der Waals surface area contributed by atoms with E-state index in [0.717, 1.165) is 5.01 Å². The van der Waals surface area contributed by atoms with E-state index < -0.39 is 39.9 Å². The van der Waals surface area contributed by atoms with Crippen molar-refractivity contribution in [3.63, 3.8) is 0 Å². The monoisotopic (exact) mass is 373 g/mol. The first kappa shape index (κ1) is 19.4. The van der Waals surface area contributed by atoms with Crippen molar-refractivity contribution in [1.82, 2.24) is 10.3 Å². The van der Waals surface area contributed by atoms with Gasteiger partial charge < -0.3 is 10.1 Å². The lowest BCUT2D eigenvalue weighted by molar-refractivity contribution is -0.143. The SMILES string of the molecule is CC(C)(C)NC(=O)COC(=O)C1=NN([C@@H]2CCS(=O)(=O)C2)C(=O)CC1. The molecule has 1 saturated heterocycles. The summed E-state index contributed by atoms with van der Waals surface area (Å²) in [7, 11) is -3.18. The number of hydrogen-bond acceptors (Lipinski definition) is 7. The minimum Gasteiger partial charge on any atom is -0.451 e. The Balaban J connectivity index is 1.98. The van der Waals surface area contributed by atoms with Crippen LogP contribution < -0.4 is 5.32 Å². The van der Waals surface area contributed by atoms with E-state index in [1.807, 2.05) is 0 Å². The number of hydrazone groups is 1. The van der Waals surface area contributed by atoms with E-state index in [-0.39, 0.29) is 36.0 Å². The van der Waals surface area contributed by atoms with Crippen molar-refractivity contribution >= 4 is 33.3 Å². The summed E-state index contributed by atoms with van der Waals surface area (Å²) in [6.07, 6.45) is 0.459. The Morgan fingerprint density at radius 1 is 1.32 bits per heavy atom. The Morgan fingerprint density at radius 2 is 2.00 bits per heavy atom. The fourth-order valence-electron chi connectivity index (χ4n) is 2.64. The van der Waals surface area contributed by atoms with Gasteiger partial charge in [-0.2, -0.15) is 5.10 Å². The quantitative estimate of drug-likeness (QED) is 0.670. The van der Waals surface area contributed by atoms with Gasteiger partial charge in [0.2, 0.25) is 5.91 Å². The fourth-order valence-corrected chi connectivity index (χ4v) is 4.33. The maximum atomic E-state index is 12.1. The van der Waals surface area contributed by atoms with Gasteiger partial charge in [-0.3, -0.25) is 9.59 Å². The molecule has 140 valence electrons. The van der Waals surface area contributed by atoms with E-state index in [2.05, 4.69) is 10.4 Å². The molecular weight excluding hydrogens is 350 g/mol. The highest BCUT2D eigenvalue weighted by Gasteiger charge is 2.37. The number of carbonyl (C=O) groups is 3. The maximum absolute atomic E-state index is 12.1. The Kier molecular flexibility index (Phi) is 5.50. The average molecular weight is 373 g/mol. The molecule has 2 aliphatic heterocycles. The number of nitrogens with zero attached hydrogens (tertiary/aromatic N) is 2. The lowest BCUT2D eigenvalue weighted by Crippen LogP contribution is -2.44. The Labute approximate surface area is 146 Å². The van der Waals surface area contributed by atoms with Crippen LogP contribution in [0.5, 0.6) is 0 Å². The number of amides is 2. The van der Waals surface area contributed by atoms with Gasteiger partial charge in [-0.05, 0) is 27.2 Å². The molecule has 0 unspecified atom stereocenters. The van der Waals surface area contributed by atoms with Crippen molar-refractivity contribution in [2.45, 2.75) is 51.6 Å². The minimum atomic E-state index is -3.18. The van der Waals surface area contributed by atoms with E-state index in [1.165, 1.54) is 0 Å². The standard InChI is InChI=1S/C15H23N3O6S/c1-15(2,3)16-12(19)8-24-14(21)11-4-5-13(20)18(17-11)10-6-7-25(22,23)9-10/h10H,4-9H2,1-3H3,(H,16,19)/t10-/m1/s1. The zero-order valence-electron chi connectivity index (χ0n) is 14.6. The highest BCUT2D eigenvalue weighted by Crippen LogP contribution is 2.22. The maximum Gasteiger partial charge on any atom is 0.355 e. The molecule has 25 heavy (non-hydrogen) atoms. The number of sulfone groups is 1. The molecule has 0 aliphatic carbocycles. The van der Waals surface area contributed by atoms with Gasteiger partial charge >= 0.3 is 5.97 Å². The summed E-state index contributed by atoms with van der Waals surface area (Å²) < 4.78 is 28.1. The van der Waals surface area contributed by atoms with Crippen LogP contribution >= 0.6 is 0 Å². The summed E-state index contributed by atoms with van der Waals surface area (Å²) >= 11 is 0. The van der Waals surface area contributed by atoms with Gasteiger partial charge in [0.15, 0.2) is 16.4 Å². The van der Waals surface area contributed by atoms with Crippen LogP contribution in [-0.2, 0) is 29.0 Å². The molecule has 0 saturated carbocycles. The lowest BCUT2D eigenvalue weighted by Gasteiger charge is -2.27. The van der Waals surface area contributed by atoms with Crippen molar-refractivity contribution in [1.29, 1.82) is 0 Å². The molecule has 2 rings (SSSR count). The number of hydrogen-bond donors (Lipinski definition) is 1. The first-order valence-electron chi connectivity index (χ1n) is 8.05. The Bertz CT molecular complexity index is 707. The molecule has 10 heteroatoms. The molecule has 2 amide bonds. The van der Waals surface area contributed by atoms with Crippen LogP contribution in [0.25, 0.3) is 0 Å². The van der Waals surface area contributed by atoms with Crippen molar-refractivity contribution in [3.05, 3.63) is 0 Å². The zero-order chi connectivity index (χ0) is 18.8. The Morgan fingerprint density at radius 3 is 2.56 bits per heavy atom. The van der Waals surface area contributed by atoms with Gasteiger partial charge in [0.05, 0.1) is 17.5 Å². The van der Waals surface area contributed by atoms with Gasteiger partial charge in [0.25, 0.3) is 5.91 Å². The molecule has 0 spiro atoms. The van der Waals surface area contributed by atoms with Crippen molar-refractivity contribution in [3.8, 4) is 0 Å². The summed E-state index contributed by atoms with van der Waals surface area (Å²) in [6, 6.07) is -0.551. The topological polar surface area (TPSA) is 122 Å². The molecule has 2 heterocycles.